The Kier molecular flexibility index (Phi) is 7.10. The van der Waals surface area contributed by atoms with E-state index in [0.29, 0.717) is 32.8 Å². The predicted molar refractivity (Wildman–Crippen MR) is 114 cm³/mol. The highest BCUT2D eigenvalue weighted by Crippen LogP contribution is 2.23. The molecule has 1 N–H and O–H groups in total. The largest absolute Gasteiger partial charge is 0.494 e. The highest BCUT2D eigenvalue weighted by atomic mass is 16.5. The van der Waals surface area contributed by atoms with Gasteiger partial charge in [-0.25, -0.2) is 0 Å². The zero-order chi connectivity index (χ0) is 21.7. The van der Waals surface area contributed by atoms with E-state index < -0.39 is 6.04 Å². The summed E-state index contributed by atoms with van der Waals surface area (Å²) in [5, 5.41) is 7.23. The predicted octanol–water partition coefficient (Wildman–Crippen LogP) is 1.48. The molecule has 1 saturated heterocycles. The molecule has 0 bridgehead atoms. The Hall–Kier alpha value is -2.87. The summed E-state index contributed by atoms with van der Waals surface area (Å²) in [5.74, 6) is 0.651. The van der Waals surface area contributed by atoms with Crippen LogP contribution in [0.2, 0.25) is 0 Å². The molecule has 2 heterocycles. The number of rotatable bonds is 8. The zero-order valence-electron chi connectivity index (χ0n) is 18.2. The third-order valence-electron chi connectivity index (χ3n) is 5.40. The summed E-state index contributed by atoms with van der Waals surface area (Å²) in [5.41, 5.74) is 2.93. The van der Waals surface area contributed by atoms with Crippen molar-refractivity contribution in [2.24, 2.45) is 7.05 Å². The van der Waals surface area contributed by atoms with Crippen LogP contribution in [-0.2, 0) is 29.7 Å². The molecule has 1 aliphatic rings. The summed E-state index contributed by atoms with van der Waals surface area (Å²) in [7, 11) is 3.63. The molecule has 1 aromatic heterocycles. The van der Waals surface area contributed by atoms with Crippen molar-refractivity contribution in [3.8, 4) is 5.75 Å². The van der Waals surface area contributed by atoms with Crippen LogP contribution in [0.3, 0.4) is 0 Å². The van der Waals surface area contributed by atoms with Gasteiger partial charge < -0.3 is 15.0 Å². The number of benzene rings is 1. The number of hydrogen-bond acceptors (Lipinski definition) is 5. The van der Waals surface area contributed by atoms with Crippen molar-refractivity contribution in [3.63, 3.8) is 0 Å². The lowest BCUT2D eigenvalue weighted by atomic mass is 10.1. The quantitative estimate of drug-likeness (QED) is 0.709. The molecule has 0 aliphatic carbocycles. The number of amides is 2. The van der Waals surface area contributed by atoms with E-state index in [2.05, 4.69) is 15.3 Å². The van der Waals surface area contributed by atoms with Crippen LogP contribution in [-0.4, -0.2) is 64.2 Å². The van der Waals surface area contributed by atoms with Gasteiger partial charge in [0.25, 0.3) is 0 Å². The van der Waals surface area contributed by atoms with Crippen LogP contribution < -0.4 is 10.1 Å². The molecule has 30 heavy (non-hydrogen) atoms. The van der Waals surface area contributed by atoms with Crippen molar-refractivity contribution in [2.45, 2.75) is 39.4 Å². The Labute approximate surface area is 177 Å². The SMILES string of the molecule is CCOc1ccccc1CN1CCNC(=O)C1CC(=O)N(C)Cc1cn(C)nc1C. The van der Waals surface area contributed by atoms with Crippen LogP contribution in [0.5, 0.6) is 5.75 Å². The number of aromatic nitrogens is 2. The lowest BCUT2D eigenvalue weighted by molar-refractivity contribution is -0.138. The molecular formula is C22H31N5O3. The first-order chi connectivity index (χ1) is 14.4. The van der Waals surface area contributed by atoms with Crippen LogP contribution in [0.25, 0.3) is 0 Å². The summed E-state index contributed by atoms with van der Waals surface area (Å²) in [4.78, 5) is 29.3. The van der Waals surface area contributed by atoms with E-state index in [-0.39, 0.29) is 18.2 Å². The Balaban J connectivity index is 1.69. The van der Waals surface area contributed by atoms with Gasteiger partial charge in [0.2, 0.25) is 11.8 Å². The van der Waals surface area contributed by atoms with Gasteiger partial charge in [-0.1, -0.05) is 18.2 Å². The maximum Gasteiger partial charge on any atom is 0.237 e. The normalized spacial score (nSPS) is 16.9. The fourth-order valence-electron chi connectivity index (χ4n) is 3.79. The van der Waals surface area contributed by atoms with Crippen LogP contribution >= 0.6 is 0 Å². The highest BCUT2D eigenvalue weighted by Gasteiger charge is 2.33. The zero-order valence-corrected chi connectivity index (χ0v) is 18.2. The molecule has 1 aromatic carbocycles. The van der Waals surface area contributed by atoms with Crippen LogP contribution in [0.15, 0.2) is 30.5 Å². The maximum absolute atomic E-state index is 12.9. The number of piperazine rings is 1. The lowest BCUT2D eigenvalue weighted by Gasteiger charge is -2.35. The van der Waals surface area contributed by atoms with Crippen molar-refractivity contribution in [2.75, 3.05) is 26.7 Å². The van der Waals surface area contributed by atoms with Crippen LogP contribution in [0, 0.1) is 6.92 Å². The molecular weight excluding hydrogens is 382 g/mol. The van der Waals surface area contributed by atoms with Crippen molar-refractivity contribution in [1.29, 1.82) is 0 Å². The minimum absolute atomic E-state index is 0.0663. The molecule has 8 heteroatoms. The van der Waals surface area contributed by atoms with E-state index in [1.165, 1.54) is 0 Å². The average Bonchev–Trinajstić information content (AvgIpc) is 3.02. The van der Waals surface area contributed by atoms with E-state index in [1.807, 2.05) is 51.4 Å². The number of aryl methyl sites for hydroxylation is 2. The first-order valence-electron chi connectivity index (χ1n) is 10.3. The lowest BCUT2D eigenvalue weighted by Crippen LogP contribution is -2.56. The number of ether oxygens (including phenoxy) is 1. The van der Waals surface area contributed by atoms with E-state index in [1.54, 1.807) is 16.6 Å². The van der Waals surface area contributed by atoms with Gasteiger partial charge in [-0.3, -0.25) is 19.2 Å². The number of hydrogen-bond donors (Lipinski definition) is 1. The van der Waals surface area contributed by atoms with E-state index >= 15 is 0 Å². The van der Waals surface area contributed by atoms with Crippen molar-refractivity contribution < 1.29 is 14.3 Å². The van der Waals surface area contributed by atoms with Gasteiger partial charge in [0, 0.05) is 57.6 Å². The topological polar surface area (TPSA) is 79.7 Å². The summed E-state index contributed by atoms with van der Waals surface area (Å²) < 4.78 is 7.47. The van der Waals surface area contributed by atoms with Crippen LogP contribution in [0.4, 0.5) is 0 Å². The second-order valence-electron chi connectivity index (χ2n) is 7.69. The number of carbonyl (C=O) groups is 2. The molecule has 1 fully saturated rings. The summed E-state index contributed by atoms with van der Waals surface area (Å²) in [6, 6.07) is 7.35. The van der Waals surface area contributed by atoms with Gasteiger partial charge in [0.05, 0.1) is 24.8 Å². The molecule has 0 saturated carbocycles. The first-order valence-corrected chi connectivity index (χ1v) is 10.3. The minimum atomic E-state index is -0.502. The Morgan fingerprint density at radius 2 is 2.10 bits per heavy atom. The van der Waals surface area contributed by atoms with E-state index in [4.69, 9.17) is 4.74 Å². The van der Waals surface area contributed by atoms with Gasteiger partial charge in [0.1, 0.15) is 5.75 Å². The summed E-state index contributed by atoms with van der Waals surface area (Å²) in [6.45, 7) is 6.76. The Bertz CT molecular complexity index is 895. The molecule has 3 rings (SSSR count). The van der Waals surface area contributed by atoms with Crippen LogP contribution in [0.1, 0.15) is 30.2 Å². The molecule has 1 aliphatic heterocycles. The maximum atomic E-state index is 12.9. The summed E-state index contributed by atoms with van der Waals surface area (Å²) in [6.07, 6.45) is 2.06. The number of nitrogens with zero attached hydrogens (tertiary/aromatic N) is 4. The monoisotopic (exact) mass is 413 g/mol. The Morgan fingerprint density at radius 1 is 1.33 bits per heavy atom. The first kappa shape index (κ1) is 21.8. The van der Waals surface area contributed by atoms with Crippen molar-refractivity contribution in [3.05, 3.63) is 47.3 Å². The molecule has 2 aromatic rings. The number of nitrogens with one attached hydrogen (secondary N) is 1. The highest BCUT2D eigenvalue weighted by molar-refractivity contribution is 5.88. The second kappa shape index (κ2) is 9.75. The molecule has 1 atom stereocenters. The van der Waals surface area contributed by atoms with E-state index in [0.717, 1.165) is 22.6 Å². The fraction of sp³-hybridized carbons (Fsp3) is 0.500. The van der Waals surface area contributed by atoms with Gasteiger partial charge in [-0.15, -0.1) is 0 Å². The molecule has 8 nitrogen and oxygen atoms in total. The molecule has 1 unspecified atom stereocenters. The van der Waals surface area contributed by atoms with Gasteiger partial charge >= 0.3 is 0 Å². The van der Waals surface area contributed by atoms with Crippen molar-refractivity contribution in [1.82, 2.24) is 24.9 Å². The van der Waals surface area contributed by atoms with Crippen molar-refractivity contribution >= 4 is 11.8 Å². The summed E-state index contributed by atoms with van der Waals surface area (Å²) >= 11 is 0. The van der Waals surface area contributed by atoms with Gasteiger partial charge in [0.15, 0.2) is 0 Å². The Morgan fingerprint density at radius 3 is 2.80 bits per heavy atom. The molecule has 0 spiro atoms. The average molecular weight is 414 g/mol. The van der Waals surface area contributed by atoms with Gasteiger partial charge in [-0.05, 0) is 19.9 Å². The third kappa shape index (κ3) is 5.18. The molecule has 162 valence electrons. The number of carbonyl (C=O) groups excluding carboxylic acids is 2. The molecule has 2 amide bonds. The number of para-hydroxylation sites is 1. The van der Waals surface area contributed by atoms with E-state index in [9.17, 15) is 9.59 Å². The molecule has 0 radical (unpaired) electrons. The third-order valence-corrected chi connectivity index (χ3v) is 5.40. The minimum Gasteiger partial charge on any atom is -0.494 e. The van der Waals surface area contributed by atoms with Gasteiger partial charge in [-0.2, -0.15) is 5.10 Å². The standard InChI is InChI=1S/C22H31N5O3/c1-5-30-20-9-7-6-8-17(20)15-27-11-10-23-22(29)19(27)12-21(28)25(3)13-18-14-26(4)24-16(18)2/h6-9,14,19H,5,10-13,15H2,1-4H3,(H,23,29). The smallest absolute Gasteiger partial charge is 0.237 e. The second-order valence-corrected chi connectivity index (χ2v) is 7.69. The fourth-order valence-corrected chi connectivity index (χ4v) is 3.79.